The van der Waals surface area contributed by atoms with Crippen LogP contribution in [0.5, 0.6) is 0 Å². The number of aryl methyl sites for hydroxylation is 2. The average Bonchev–Trinajstić information content (AvgIpc) is 3.07. The van der Waals surface area contributed by atoms with Crippen LogP contribution < -0.4 is 0 Å². The molecule has 0 N–H and O–H groups in total. The van der Waals surface area contributed by atoms with E-state index in [0.717, 1.165) is 29.9 Å². The molecule has 0 spiro atoms. The largest absolute Gasteiger partial charge is 0.285 e. The predicted molar refractivity (Wildman–Crippen MR) is 131 cm³/mol. The van der Waals surface area contributed by atoms with E-state index >= 15 is 0 Å². The zero-order chi connectivity index (χ0) is 23.6. The van der Waals surface area contributed by atoms with Gasteiger partial charge in [-0.15, -0.1) is 5.10 Å². The van der Waals surface area contributed by atoms with E-state index in [-0.39, 0.29) is 4.90 Å². The topological polar surface area (TPSA) is 63.4 Å². The van der Waals surface area contributed by atoms with Gasteiger partial charge in [0.05, 0.1) is 17.3 Å². The van der Waals surface area contributed by atoms with E-state index in [9.17, 15) is 8.42 Å². The molecule has 0 unspecified atom stereocenters. The van der Waals surface area contributed by atoms with Gasteiger partial charge in [0.25, 0.3) is 0 Å². The van der Waals surface area contributed by atoms with Gasteiger partial charge in [-0.3, -0.25) is 9.47 Å². The molecule has 0 fully saturated rings. The van der Waals surface area contributed by atoms with Crippen LogP contribution in [0.25, 0.3) is 17.1 Å². The summed E-state index contributed by atoms with van der Waals surface area (Å²) in [4.78, 5) is 2.45. The van der Waals surface area contributed by atoms with Gasteiger partial charge in [0.15, 0.2) is 5.82 Å². The Bertz CT molecular complexity index is 1250. The summed E-state index contributed by atoms with van der Waals surface area (Å²) in [6.45, 7) is 10.6. The molecule has 0 aliphatic heterocycles. The fourth-order valence-electron chi connectivity index (χ4n) is 3.67. The first kappa shape index (κ1) is 24.3. The smallest absolute Gasteiger partial charge is 0.242 e. The third-order valence-electron chi connectivity index (χ3n) is 5.60. The molecule has 0 atom stereocenters. The molecule has 1 aromatic heterocycles. The van der Waals surface area contributed by atoms with Crippen LogP contribution >= 0.6 is 12.2 Å². The van der Waals surface area contributed by atoms with Crippen LogP contribution in [0, 0.1) is 18.6 Å². The molecule has 7 nitrogen and oxygen atoms in total. The lowest BCUT2D eigenvalue weighted by Crippen LogP contribution is -2.26. The zero-order valence-corrected chi connectivity index (χ0v) is 21.2. The molecule has 0 bridgehead atoms. The summed E-state index contributed by atoms with van der Waals surface area (Å²) in [6, 6.07) is 13.0. The van der Waals surface area contributed by atoms with E-state index in [0.29, 0.717) is 22.8 Å². The molecular formula is C23H31N5O2S2. The number of aromatic nitrogens is 3. The van der Waals surface area contributed by atoms with E-state index in [4.69, 9.17) is 17.3 Å². The summed E-state index contributed by atoms with van der Waals surface area (Å²) in [7, 11) is -0.523. The Hall–Kier alpha value is -2.33. The Morgan fingerprint density at radius 3 is 2.16 bits per heavy atom. The van der Waals surface area contributed by atoms with Crippen molar-refractivity contribution in [3.63, 3.8) is 0 Å². The van der Waals surface area contributed by atoms with Crippen molar-refractivity contribution in [3.8, 4) is 17.1 Å². The first-order valence-electron chi connectivity index (χ1n) is 10.6. The molecule has 0 aliphatic carbocycles. The first-order chi connectivity index (χ1) is 15.1. The van der Waals surface area contributed by atoms with Crippen molar-refractivity contribution in [1.82, 2.24) is 23.6 Å². The number of hydrogen-bond donors (Lipinski definition) is 0. The van der Waals surface area contributed by atoms with Crippen LogP contribution in [-0.4, -0.2) is 59.2 Å². The summed E-state index contributed by atoms with van der Waals surface area (Å²) >= 11 is 5.89. The number of benzene rings is 2. The molecule has 0 amide bonds. The molecule has 0 saturated heterocycles. The van der Waals surface area contributed by atoms with Gasteiger partial charge >= 0.3 is 0 Å². The maximum absolute atomic E-state index is 12.7. The van der Waals surface area contributed by atoms with Crippen molar-refractivity contribution in [1.29, 1.82) is 0 Å². The van der Waals surface area contributed by atoms with Crippen LogP contribution in [0.2, 0.25) is 0 Å². The molecule has 0 radical (unpaired) electrons. The van der Waals surface area contributed by atoms with Crippen LogP contribution in [0.3, 0.4) is 0 Å². The van der Waals surface area contributed by atoms with E-state index in [2.05, 4.69) is 18.7 Å². The normalized spacial score (nSPS) is 12.1. The highest BCUT2D eigenvalue weighted by atomic mass is 32.2. The lowest BCUT2D eigenvalue weighted by Gasteiger charge is -2.17. The maximum atomic E-state index is 12.7. The van der Waals surface area contributed by atoms with Gasteiger partial charge in [0.2, 0.25) is 14.8 Å². The van der Waals surface area contributed by atoms with Crippen LogP contribution in [0.15, 0.2) is 47.4 Å². The lowest BCUT2D eigenvalue weighted by molar-refractivity contribution is 0.227. The highest BCUT2D eigenvalue weighted by Gasteiger charge is 2.22. The van der Waals surface area contributed by atoms with Crippen LogP contribution in [0.4, 0.5) is 0 Å². The molecule has 2 aromatic carbocycles. The Morgan fingerprint density at radius 1 is 1.00 bits per heavy atom. The number of para-hydroxylation sites is 1. The van der Waals surface area contributed by atoms with Crippen LogP contribution in [0.1, 0.15) is 25.0 Å². The first-order valence-corrected chi connectivity index (χ1v) is 12.5. The Kier molecular flexibility index (Phi) is 7.34. The fraction of sp³-hybridized carbons (Fsp3) is 0.391. The van der Waals surface area contributed by atoms with Gasteiger partial charge < -0.3 is 0 Å². The number of nitrogens with zero attached hydrogens (tertiary/aromatic N) is 5. The molecule has 1 heterocycles. The summed E-state index contributed by atoms with van der Waals surface area (Å²) in [6.07, 6.45) is 0. The second kappa shape index (κ2) is 9.66. The second-order valence-corrected chi connectivity index (χ2v) is 10.5. The van der Waals surface area contributed by atoms with Gasteiger partial charge in [-0.25, -0.2) is 17.4 Å². The van der Waals surface area contributed by atoms with Gasteiger partial charge in [0.1, 0.15) is 0 Å². The quantitative estimate of drug-likeness (QED) is 0.458. The molecule has 32 heavy (non-hydrogen) atoms. The van der Waals surface area contributed by atoms with Crippen molar-refractivity contribution < 1.29 is 8.42 Å². The summed E-state index contributed by atoms with van der Waals surface area (Å²) in [5, 5.41) is 4.87. The highest BCUT2D eigenvalue weighted by molar-refractivity contribution is 7.89. The molecule has 3 rings (SSSR count). The summed E-state index contributed by atoms with van der Waals surface area (Å²) in [5.74, 6) is 0.621. The Morgan fingerprint density at radius 2 is 1.59 bits per heavy atom. The average molecular weight is 474 g/mol. The standard InChI is InChI=1S/C23H31N5O2S2/c1-7-26(8-2)16-27-23(31)28(21-17(3)11-9-12-18(21)4)22(24-27)19-13-10-14-20(15-19)32(29,30)25(5)6/h9-15H,7-8,16H2,1-6H3. The lowest BCUT2D eigenvalue weighted by atomic mass is 10.1. The van der Waals surface area contributed by atoms with Crippen molar-refractivity contribution in [2.24, 2.45) is 0 Å². The predicted octanol–water partition coefficient (Wildman–Crippen LogP) is 4.24. The zero-order valence-electron chi connectivity index (χ0n) is 19.5. The maximum Gasteiger partial charge on any atom is 0.242 e. The van der Waals surface area contributed by atoms with E-state index in [1.54, 1.807) is 18.2 Å². The van der Waals surface area contributed by atoms with Gasteiger partial charge in [-0.1, -0.05) is 44.2 Å². The van der Waals surface area contributed by atoms with E-state index in [1.165, 1.54) is 18.4 Å². The van der Waals surface area contributed by atoms with Gasteiger partial charge in [-0.2, -0.15) is 0 Å². The number of rotatable bonds is 8. The van der Waals surface area contributed by atoms with Gasteiger partial charge in [-0.05, 0) is 62.4 Å². The van der Waals surface area contributed by atoms with Crippen LogP contribution in [-0.2, 0) is 16.7 Å². The second-order valence-electron chi connectivity index (χ2n) is 7.94. The SMILES string of the molecule is CCN(CC)Cn1nc(-c2cccc(S(=O)(=O)N(C)C)c2)n(-c2c(C)cccc2C)c1=S. The summed E-state index contributed by atoms with van der Waals surface area (Å²) < 4.78 is 31.0. The molecule has 0 aliphatic rings. The number of hydrogen-bond acceptors (Lipinski definition) is 5. The fourth-order valence-corrected chi connectivity index (χ4v) is 4.89. The molecule has 0 saturated carbocycles. The number of sulfonamides is 1. The third-order valence-corrected chi connectivity index (χ3v) is 7.81. The van der Waals surface area contributed by atoms with Gasteiger partial charge in [0, 0.05) is 19.7 Å². The summed E-state index contributed by atoms with van der Waals surface area (Å²) in [5.41, 5.74) is 3.81. The molecular weight excluding hydrogens is 442 g/mol. The molecule has 3 aromatic rings. The third kappa shape index (κ3) is 4.56. The highest BCUT2D eigenvalue weighted by Crippen LogP contribution is 2.29. The monoisotopic (exact) mass is 473 g/mol. The minimum absolute atomic E-state index is 0.220. The molecule has 172 valence electrons. The minimum Gasteiger partial charge on any atom is -0.285 e. The van der Waals surface area contributed by atoms with E-state index in [1.807, 2.05) is 47.4 Å². The van der Waals surface area contributed by atoms with Crippen molar-refractivity contribution >= 4 is 22.2 Å². The van der Waals surface area contributed by atoms with E-state index < -0.39 is 10.0 Å². The van der Waals surface area contributed by atoms with Crippen molar-refractivity contribution in [2.45, 2.75) is 39.3 Å². The van der Waals surface area contributed by atoms with Crippen molar-refractivity contribution in [3.05, 3.63) is 58.4 Å². The Labute approximate surface area is 196 Å². The minimum atomic E-state index is -3.58. The Balaban J connectivity index is 2.30. The molecule has 9 heteroatoms. The van der Waals surface area contributed by atoms with Crippen molar-refractivity contribution in [2.75, 3.05) is 27.2 Å².